The van der Waals surface area contributed by atoms with Gasteiger partial charge in [0.25, 0.3) is 5.91 Å². The molecule has 0 saturated heterocycles. The fourth-order valence-electron chi connectivity index (χ4n) is 1.54. The normalized spacial score (nSPS) is 14.5. The number of nitrogens with one attached hydrogen (secondary N) is 1. The molecule has 5 heteroatoms. The summed E-state index contributed by atoms with van der Waals surface area (Å²) in [5.41, 5.74) is 6.88. The van der Waals surface area contributed by atoms with Gasteiger partial charge in [0, 0.05) is 28.9 Å². The van der Waals surface area contributed by atoms with E-state index < -0.39 is 0 Å². The summed E-state index contributed by atoms with van der Waals surface area (Å²) < 4.78 is 6.18. The Labute approximate surface area is 115 Å². The minimum Gasteiger partial charge on any atom is -0.398 e. The monoisotopic (exact) mass is 312 g/mol. The molecule has 0 spiro atoms. The number of halogens is 1. The number of anilines is 1. The highest BCUT2D eigenvalue weighted by molar-refractivity contribution is 9.10. The molecular weight excluding hydrogens is 296 g/mol. The zero-order valence-electron chi connectivity index (χ0n) is 10.1. The van der Waals surface area contributed by atoms with Crippen molar-refractivity contribution in [1.29, 1.82) is 0 Å². The number of carbonyl (C=O) groups excluding carboxylic acids is 1. The summed E-state index contributed by atoms with van der Waals surface area (Å²) in [6.45, 7) is 1.93. The van der Waals surface area contributed by atoms with E-state index in [9.17, 15) is 4.79 Å². The van der Waals surface area contributed by atoms with Crippen molar-refractivity contribution in [3.05, 3.63) is 28.2 Å². The Morgan fingerprint density at radius 2 is 2.28 bits per heavy atom. The van der Waals surface area contributed by atoms with Gasteiger partial charge in [0.2, 0.25) is 0 Å². The number of hydrogen-bond donors (Lipinski definition) is 2. The van der Waals surface area contributed by atoms with Gasteiger partial charge in [-0.3, -0.25) is 4.79 Å². The minimum absolute atomic E-state index is 0.106. The first-order valence-corrected chi connectivity index (χ1v) is 6.87. The van der Waals surface area contributed by atoms with Gasteiger partial charge in [-0.1, -0.05) is 0 Å². The Balaban J connectivity index is 1.70. The van der Waals surface area contributed by atoms with E-state index in [1.165, 1.54) is 12.8 Å². The number of carbonyl (C=O) groups is 1. The van der Waals surface area contributed by atoms with Gasteiger partial charge in [-0.05, 0) is 52.9 Å². The van der Waals surface area contributed by atoms with E-state index in [1.54, 1.807) is 18.2 Å². The Bertz CT molecular complexity index is 433. The van der Waals surface area contributed by atoms with E-state index in [-0.39, 0.29) is 5.91 Å². The molecule has 0 aliphatic heterocycles. The molecule has 1 fully saturated rings. The summed E-state index contributed by atoms with van der Waals surface area (Å²) in [7, 11) is 0. The van der Waals surface area contributed by atoms with E-state index in [1.807, 2.05) is 0 Å². The smallest absolute Gasteiger partial charge is 0.251 e. The molecule has 0 bridgehead atoms. The maximum absolute atomic E-state index is 11.8. The molecule has 1 aromatic carbocycles. The summed E-state index contributed by atoms with van der Waals surface area (Å²) in [6.07, 6.45) is 2.57. The third-order valence-corrected chi connectivity index (χ3v) is 3.53. The molecule has 1 aromatic rings. The zero-order valence-corrected chi connectivity index (χ0v) is 11.7. The van der Waals surface area contributed by atoms with E-state index in [4.69, 9.17) is 10.5 Å². The van der Waals surface area contributed by atoms with Crippen molar-refractivity contribution < 1.29 is 9.53 Å². The number of rotatable bonds is 6. The van der Waals surface area contributed by atoms with Crippen molar-refractivity contribution in [3.8, 4) is 0 Å². The number of nitrogen functional groups attached to an aromatic ring is 1. The summed E-state index contributed by atoms with van der Waals surface area (Å²) in [5.74, 6) is 0.652. The Morgan fingerprint density at radius 1 is 1.50 bits per heavy atom. The molecule has 0 aromatic heterocycles. The highest BCUT2D eigenvalue weighted by Gasteiger charge is 2.20. The topological polar surface area (TPSA) is 64.4 Å². The second-order valence-corrected chi connectivity index (χ2v) is 5.36. The third-order valence-electron chi connectivity index (χ3n) is 2.85. The van der Waals surface area contributed by atoms with Crippen molar-refractivity contribution in [2.75, 3.05) is 25.5 Å². The molecule has 0 heterocycles. The standard InChI is InChI=1S/C13H17BrN2O2/c14-11-7-10(3-4-12(11)15)13(17)16-5-6-18-8-9-1-2-9/h3-4,7,9H,1-2,5-6,8,15H2,(H,16,17). The molecule has 2 rings (SSSR count). The fourth-order valence-corrected chi connectivity index (χ4v) is 1.92. The summed E-state index contributed by atoms with van der Waals surface area (Å²) in [5, 5.41) is 2.81. The molecule has 98 valence electrons. The van der Waals surface area contributed by atoms with Gasteiger partial charge in [0.15, 0.2) is 0 Å². The van der Waals surface area contributed by atoms with Crippen LogP contribution in [0, 0.1) is 5.92 Å². The van der Waals surface area contributed by atoms with Gasteiger partial charge in [-0.25, -0.2) is 0 Å². The number of amides is 1. The third kappa shape index (κ3) is 3.99. The molecule has 0 radical (unpaired) electrons. The zero-order chi connectivity index (χ0) is 13.0. The van der Waals surface area contributed by atoms with Crippen molar-refractivity contribution in [2.24, 2.45) is 5.92 Å². The average molecular weight is 313 g/mol. The molecule has 1 aliphatic rings. The largest absolute Gasteiger partial charge is 0.398 e. The number of hydrogen-bond acceptors (Lipinski definition) is 3. The predicted octanol–water partition coefficient (Wildman–Crippen LogP) is 2.19. The maximum Gasteiger partial charge on any atom is 0.251 e. The lowest BCUT2D eigenvalue weighted by molar-refractivity contribution is 0.0906. The quantitative estimate of drug-likeness (QED) is 0.625. The summed E-state index contributed by atoms with van der Waals surface area (Å²) in [4.78, 5) is 11.8. The first kappa shape index (κ1) is 13.4. The van der Waals surface area contributed by atoms with E-state index in [0.717, 1.165) is 17.0 Å². The summed E-state index contributed by atoms with van der Waals surface area (Å²) in [6, 6.07) is 5.14. The first-order valence-electron chi connectivity index (χ1n) is 6.08. The van der Waals surface area contributed by atoms with Gasteiger partial charge in [0.05, 0.1) is 6.61 Å². The molecule has 1 aliphatic carbocycles. The molecule has 1 saturated carbocycles. The van der Waals surface area contributed by atoms with E-state index in [0.29, 0.717) is 24.4 Å². The first-order chi connectivity index (χ1) is 8.66. The van der Waals surface area contributed by atoms with Crippen LogP contribution in [0.3, 0.4) is 0 Å². The van der Waals surface area contributed by atoms with Gasteiger partial charge in [-0.15, -0.1) is 0 Å². The van der Waals surface area contributed by atoms with Crippen LogP contribution in [-0.4, -0.2) is 25.7 Å². The van der Waals surface area contributed by atoms with Crippen LogP contribution in [-0.2, 0) is 4.74 Å². The molecule has 3 N–H and O–H groups in total. The second kappa shape index (κ2) is 6.20. The maximum atomic E-state index is 11.8. The highest BCUT2D eigenvalue weighted by Crippen LogP contribution is 2.28. The number of ether oxygens (including phenoxy) is 1. The number of benzene rings is 1. The van der Waals surface area contributed by atoms with Crippen molar-refractivity contribution in [3.63, 3.8) is 0 Å². The van der Waals surface area contributed by atoms with Crippen LogP contribution < -0.4 is 11.1 Å². The Morgan fingerprint density at radius 3 is 2.94 bits per heavy atom. The highest BCUT2D eigenvalue weighted by atomic mass is 79.9. The Kier molecular flexibility index (Phi) is 4.60. The lowest BCUT2D eigenvalue weighted by Gasteiger charge is -2.07. The van der Waals surface area contributed by atoms with Crippen LogP contribution in [0.4, 0.5) is 5.69 Å². The fraction of sp³-hybridized carbons (Fsp3) is 0.462. The van der Waals surface area contributed by atoms with Crippen molar-refractivity contribution >= 4 is 27.5 Å². The lowest BCUT2D eigenvalue weighted by atomic mass is 10.2. The molecule has 0 atom stereocenters. The Hall–Kier alpha value is -1.07. The van der Waals surface area contributed by atoms with Gasteiger partial charge in [0.1, 0.15) is 0 Å². The summed E-state index contributed by atoms with van der Waals surface area (Å²) >= 11 is 3.30. The van der Waals surface area contributed by atoms with Crippen LogP contribution in [0.1, 0.15) is 23.2 Å². The lowest BCUT2D eigenvalue weighted by Crippen LogP contribution is -2.27. The van der Waals surface area contributed by atoms with Gasteiger partial charge in [-0.2, -0.15) is 0 Å². The molecule has 1 amide bonds. The number of nitrogens with two attached hydrogens (primary N) is 1. The predicted molar refractivity (Wildman–Crippen MR) is 74.4 cm³/mol. The molecular formula is C13H17BrN2O2. The minimum atomic E-state index is -0.106. The van der Waals surface area contributed by atoms with Crippen LogP contribution in [0.25, 0.3) is 0 Å². The van der Waals surface area contributed by atoms with Crippen molar-refractivity contribution in [2.45, 2.75) is 12.8 Å². The van der Waals surface area contributed by atoms with Crippen LogP contribution in [0.5, 0.6) is 0 Å². The van der Waals surface area contributed by atoms with Crippen molar-refractivity contribution in [1.82, 2.24) is 5.32 Å². The second-order valence-electron chi connectivity index (χ2n) is 4.51. The molecule has 18 heavy (non-hydrogen) atoms. The van der Waals surface area contributed by atoms with E-state index >= 15 is 0 Å². The van der Waals surface area contributed by atoms with E-state index in [2.05, 4.69) is 21.2 Å². The van der Waals surface area contributed by atoms with Gasteiger partial charge >= 0.3 is 0 Å². The van der Waals surface area contributed by atoms with Gasteiger partial charge < -0.3 is 15.8 Å². The molecule has 0 unspecified atom stereocenters. The molecule has 4 nitrogen and oxygen atoms in total. The van der Waals surface area contributed by atoms with Crippen LogP contribution in [0.2, 0.25) is 0 Å². The van der Waals surface area contributed by atoms with Crippen LogP contribution in [0.15, 0.2) is 22.7 Å². The average Bonchev–Trinajstić information content (AvgIpc) is 3.16. The van der Waals surface area contributed by atoms with Crippen LogP contribution >= 0.6 is 15.9 Å². The SMILES string of the molecule is Nc1ccc(C(=O)NCCOCC2CC2)cc1Br.